The molecule has 0 radical (unpaired) electrons. The topological polar surface area (TPSA) is 61.6 Å². The molecule has 1 aliphatic rings. The summed E-state index contributed by atoms with van der Waals surface area (Å²) in [5.74, 6) is 0.651. The predicted molar refractivity (Wildman–Crippen MR) is 80.6 cm³/mol. The first-order valence-electron chi connectivity index (χ1n) is 6.90. The second kappa shape index (κ2) is 5.48. The Labute approximate surface area is 123 Å². The molecular weight excluding hydrogens is 266 g/mol. The number of anilines is 1. The SMILES string of the molecule is Cc1cc(N)ccc1C(=O)OCC1COc2ccccc21. The Morgan fingerprint density at radius 2 is 2.14 bits per heavy atom. The van der Waals surface area contributed by atoms with E-state index in [9.17, 15) is 4.79 Å². The number of ether oxygens (including phenoxy) is 2. The largest absolute Gasteiger partial charge is 0.493 e. The molecule has 0 saturated heterocycles. The molecule has 1 aliphatic heterocycles. The Morgan fingerprint density at radius 1 is 1.33 bits per heavy atom. The number of para-hydroxylation sites is 1. The molecule has 0 amide bonds. The van der Waals surface area contributed by atoms with Crippen molar-refractivity contribution in [2.45, 2.75) is 12.8 Å². The monoisotopic (exact) mass is 283 g/mol. The number of fused-ring (bicyclic) bond motifs is 1. The summed E-state index contributed by atoms with van der Waals surface area (Å²) in [4.78, 5) is 12.1. The van der Waals surface area contributed by atoms with Crippen molar-refractivity contribution in [1.82, 2.24) is 0 Å². The lowest BCUT2D eigenvalue weighted by atomic mass is 10.0. The third kappa shape index (κ3) is 2.70. The van der Waals surface area contributed by atoms with Crippen LogP contribution in [0.3, 0.4) is 0 Å². The van der Waals surface area contributed by atoms with Crippen LogP contribution in [-0.4, -0.2) is 19.2 Å². The van der Waals surface area contributed by atoms with Crippen LogP contribution >= 0.6 is 0 Å². The number of benzene rings is 2. The van der Waals surface area contributed by atoms with Gasteiger partial charge >= 0.3 is 5.97 Å². The van der Waals surface area contributed by atoms with Gasteiger partial charge in [-0.15, -0.1) is 0 Å². The third-order valence-corrected chi connectivity index (χ3v) is 3.68. The van der Waals surface area contributed by atoms with Crippen molar-refractivity contribution in [2.75, 3.05) is 18.9 Å². The lowest BCUT2D eigenvalue weighted by Gasteiger charge is -2.11. The quantitative estimate of drug-likeness (QED) is 0.695. The molecule has 108 valence electrons. The fourth-order valence-electron chi connectivity index (χ4n) is 2.54. The maximum absolute atomic E-state index is 12.1. The summed E-state index contributed by atoms with van der Waals surface area (Å²) in [6, 6.07) is 13.0. The van der Waals surface area contributed by atoms with Gasteiger partial charge in [0.2, 0.25) is 0 Å². The van der Waals surface area contributed by atoms with Gasteiger partial charge < -0.3 is 15.2 Å². The Kier molecular flexibility index (Phi) is 3.52. The maximum Gasteiger partial charge on any atom is 0.338 e. The van der Waals surface area contributed by atoms with Crippen LogP contribution in [0, 0.1) is 6.92 Å². The lowest BCUT2D eigenvalue weighted by Crippen LogP contribution is -2.15. The van der Waals surface area contributed by atoms with Crippen LogP contribution in [0.15, 0.2) is 42.5 Å². The normalized spacial score (nSPS) is 16.1. The highest BCUT2D eigenvalue weighted by Gasteiger charge is 2.25. The predicted octanol–water partition coefficient (Wildman–Crippen LogP) is 2.91. The molecule has 2 aromatic rings. The molecule has 0 bridgehead atoms. The van der Waals surface area contributed by atoms with Crippen LogP contribution in [-0.2, 0) is 4.74 Å². The molecule has 3 rings (SSSR count). The zero-order chi connectivity index (χ0) is 14.8. The highest BCUT2D eigenvalue weighted by atomic mass is 16.5. The zero-order valence-electron chi connectivity index (χ0n) is 11.8. The standard InChI is InChI=1S/C17H17NO3/c1-11-8-13(18)6-7-14(11)17(19)21-10-12-9-20-16-5-3-2-4-15(12)16/h2-8,12H,9-10,18H2,1H3. The van der Waals surface area contributed by atoms with Gasteiger partial charge in [0.05, 0.1) is 18.1 Å². The van der Waals surface area contributed by atoms with Gasteiger partial charge in [0.15, 0.2) is 0 Å². The molecule has 4 heteroatoms. The molecule has 0 fully saturated rings. The smallest absolute Gasteiger partial charge is 0.338 e. The van der Waals surface area contributed by atoms with Gasteiger partial charge in [0.1, 0.15) is 12.4 Å². The van der Waals surface area contributed by atoms with Crippen molar-refractivity contribution in [3.8, 4) is 5.75 Å². The zero-order valence-corrected chi connectivity index (χ0v) is 11.8. The summed E-state index contributed by atoms with van der Waals surface area (Å²) < 4.78 is 11.0. The van der Waals surface area contributed by atoms with E-state index in [1.54, 1.807) is 18.2 Å². The molecule has 4 nitrogen and oxygen atoms in total. The van der Waals surface area contributed by atoms with Crippen molar-refractivity contribution in [3.63, 3.8) is 0 Å². The number of carbonyl (C=O) groups is 1. The summed E-state index contributed by atoms with van der Waals surface area (Å²) >= 11 is 0. The van der Waals surface area contributed by atoms with E-state index in [1.165, 1.54) is 0 Å². The summed E-state index contributed by atoms with van der Waals surface area (Å²) in [6.07, 6.45) is 0. The van der Waals surface area contributed by atoms with Crippen molar-refractivity contribution < 1.29 is 14.3 Å². The number of rotatable bonds is 3. The van der Waals surface area contributed by atoms with E-state index < -0.39 is 0 Å². The first-order chi connectivity index (χ1) is 10.1. The Bertz CT molecular complexity index is 681. The molecule has 0 spiro atoms. The first kappa shape index (κ1) is 13.5. The van der Waals surface area contributed by atoms with Crippen molar-refractivity contribution in [3.05, 3.63) is 59.2 Å². The molecule has 2 N–H and O–H groups in total. The summed E-state index contributed by atoms with van der Waals surface area (Å²) in [5.41, 5.74) is 8.80. The highest BCUT2D eigenvalue weighted by Crippen LogP contribution is 2.33. The third-order valence-electron chi connectivity index (χ3n) is 3.68. The van der Waals surface area contributed by atoms with Gasteiger partial charge in [-0.25, -0.2) is 4.79 Å². The number of esters is 1. The van der Waals surface area contributed by atoms with Gasteiger partial charge in [-0.2, -0.15) is 0 Å². The minimum Gasteiger partial charge on any atom is -0.493 e. The minimum absolute atomic E-state index is 0.0965. The molecule has 0 saturated carbocycles. The molecule has 0 aromatic heterocycles. The van der Waals surface area contributed by atoms with E-state index in [0.717, 1.165) is 16.9 Å². The highest BCUT2D eigenvalue weighted by molar-refractivity contribution is 5.91. The van der Waals surface area contributed by atoms with E-state index in [4.69, 9.17) is 15.2 Å². The van der Waals surface area contributed by atoms with Gasteiger partial charge in [-0.1, -0.05) is 18.2 Å². The van der Waals surface area contributed by atoms with Gasteiger partial charge in [0, 0.05) is 11.3 Å². The van der Waals surface area contributed by atoms with E-state index in [-0.39, 0.29) is 11.9 Å². The fraction of sp³-hybridized carbons (Fsp3) is 0.235. The van der Waals surface area contributed by atoms with E-state index in [1.807, 2.05) is 31.2 Å². The summed E-state index contributed by atoms with van der Waals surface area (Å²) in [6.45, 7) is 2.72. The average molecular weight is 283 g/mol. The Morgan fingerprint density at radius 3 is 2.95 bits per heavy atom. The van der Waals surface area contributed by atoms with Crippen LogP contribution in [0.2, 0.25) is 0 Å². The Hall–Kier alpha value is -2.49. The summed E-state index contributed by atoms with van der Waals surface area (Å²) in [5, 5.41) is 0. The number of carbonyl (C=O) groups excluding carboxylic acids is 1. The number of hydrogen-bond acceptors (Lipinski definition) is 4. The van der Waals surface area contributed by atoms with Crippen molar-refractivity contribution in [2.24, 2.45) is 0 Å². The van der Waals surface area contributed by atoms with Gasteiger partial charge in [0.25, 0.3) is 0 Å². The van der Waals surface area contributed by atoms with Crippen LogP contribution in [0.25, 0.3) is 0 Å². The second-order valence-electron chi connectivity index (χ2n) is 5.22. The van der Waals surface area contributed by atoms with E-state index >= 15 is 0 Å². The van der Waals surface area contributed by atoms with Gasteiger partial charge in [-0.05, 0) is 36.8 Å². The van der Waals surface area contributed by atoms with Crippen LogP contribution < -0.4 is 10.5 Å². The fourth-order valence-corrected chi connectivity index (χ4v) is 2.54. The van der Waals surface area contributed by atoms with Crippen molar-refractivity contribution in [1.29, 1.82) is 0 Å². The minimum atomic E-state index is -0.322. The molecular formula is C17H17NO3. The van der Waals surface area contributed by atoms with Crippen LogP contribution in [0.4, 0.5) is 5.69 Å². The molecule has 1 atom stereocenters. The molecule has 2 aromatic carbocycles. The molecule has 1 heterocycles. The molecule has 21 heavy (non-hydrogen) atoms. The number of hydrogen-bond donors (Lipinski definition) is 1. The molecule has 1 unspecified atom stereocenters. The van der Waals surface area contributed by atoms with E-state index in [2.05, 4.69) is 0 Å². The van der Waals surface area contributed by atoms with E-state index in [0.29, 0.717) is 24.5 Å². The van der Waals surface area contributed by atoms with Crippen LogP contribution in [0.5, 0.6) is 5.75 Å². The van der Waals surface area contributed by atoms with Crippen molar-refractivity contribution >= 4 is 11.7 Å². The lowest BCUT2D eigenvalue weighted by molar-refractivity contribution is 0.0470. The number of nitrogens with two attached hydrogens (primary N) is 1. The second-order valence-corrected chi connectivity index (χ2v) is 5.22. The molecule has 0 aliphatic carbocycles. The first-order valence-corrected chi connectivity index (χ1v) is 6.90. The maximum atomic E-state index is 12.1. The number of nitrogen functional groups attached to an aromatic ring is 1. The Balaban J connectivity index is 1.67. The summed E-state index contributed by atoms with van der Waals surface area (Å²) in [7, 11) is 0. The van der Waals surface area contributed by atoms with Crippen LogP contribution in [0.1, 0.15) is 27.4 Å². The average Bonchev–Trinajstić information content (AvgIpc) is 2.88. The number of aryl methyl sites for hydroxylation is 1. The van der Waals surface area contributed by atoms with Gasteiger partial charge in [-0.3, -0.25) is 0 Å².